The van der Waals surface area contributed by atoms with E-state index in [1.54, 1.807) is 0 Å². The van der Waals surface area contributed by atoms with Gasteiger partial charge >= 0.3 is 5.97 Å². The van der Waals surface area contributed by atoms with Crippen molar-refractivity contribution in [3.05, 3.63) is 0 Å². The highest BCUT2D eigenvalue weighted by molar-refractivity contribution is 6.01. The van der Waals surface area contributed by atoms with Crippen molar-refractivity contribution < 1.29 is 88.3 Å². The number of carbonyl (C=O) groups excluding carboxylic acids is 6. The molecule has 3 fully saturated rings. The lowest BCUT2D eigenvalue weighted by atomic mass is 9.99. The molecule has 0 bridgehead atoms. The first-order valence-electron chi connectivity index (χ1n) is 16.8. The van der Waals surface area contributed by atoms with Crippen molar-refractivity contribution in [1.29, 1.82) is 0 Å². The van der Waals surface area contributed by atoms with E-state index in [2.05, 4.69) is 16.0 Å². The number of aliphatic hydroxyl groups is 7. The highest BCUT2D eigenvalue weighted by Crippen LogP contribution is 2.23. The molecular formula is C30H48N4O18. The van der Waals surface area contributed by atoms with Crippen molar-refractivity contribution in [3.63, 3.8) is 0 Å². The normalized spacial score (nSPS) is 31.2. The minimum atomic E-state index is -1.68. The number of ether oxygens (including phenoxy) is 4. The molecule has 296 valence electrons. The van der Waals surface area contributed by atoms with E-state index in [1.807, 2.05) is 0 Å². The van der Waals surface area contributed by atoms with Crippen LogP contribution in [0.1, 0.15) is 51.9 Å². The minimum Gasteiger partial charge on any atom is -0.394 e. The third-order valence-corrected chi connectivity index (χ3v) is 8.32. The minimum absolute atomic E-state index is 0.0617. The van der Waals surface area contributed by atoms with Crippen molar-refractivity contribution in [1.82, 2.24) is 21.0 Å². The quantitative estimate of drug-likeness (QED) is 0.0433. The number of carbonyl (C=O) groups is 6. The van der Waals surface area contributed by atoms with Gasteiger partial charge in [0.25, 0.3) is 11.8 Å². The first-order valence-corrected chi connectivity index (χ1v) is 16.8. The Kier molecular flexibility index (Phi) is 17.1. The smallest absolute Gasteiger partial charge is 0.333 e. The van der Waals surface area contributed by atoms with Gasteiger partial charge in [-0.25, -0.2) is 4.79 Å². The van der Waals surface area contributed by atoms with Crippen LogP contribution in [0.2, 0.25) is 0 Å². The maximum absolute atomic E-state index is 13.0. The summed E-state index contributed by atoms with van der Waals surface area (Å²) in [6.45, 7) is -0.0902. The van der Waals surface area contributed by atoms with Crippen LogP contribution < -0.4 is 16.0 Å². The summed E-state index contributed by atoms with van der Waals surface area (Å²) >= 11 is 0. The highest BCUT2D eigenvalue weighted by atomic mass is 16.7. The fraction of sp³-hybridized carbons (Fsp3) is 0.800. The summed E-state index contributed by atoms with van der Waals surface area (Å²) in [4.78, 5) is 78.5. The van der Waals surface area contributed by atoms with E-state index >= 15 is 0 Å². The molecule has 52 heavy (non-hydrogen) atoms. The van der Waals surface area contributed by atoms with Crippen molar-refractivity contribution in [2.24, 2.45) is 0 Å². The lowest BCUT2D eigenvalue weighted by Gasteiger charge is -2.39. The van der Waals surface area contributed by atoms with Gasteiger partial charge in [-0.15, -0.1) is 5.06 Å². The van der Waals surface area contributed by atoms with E-state index in [4.69, 9.17) is 23.8 Å². The summed E-state index contributed by atoms with van der Waals surface area (Å²) in [6, 6.07) is -1.42. The first kappa shape index (κ1) is 43.0. The summed E-state index contributed by atoms with van der Waals surface area (Å²) in [5.74, 6) is -4.30. The number of aliphatic hydroxyl groups excluding tert-OH is 7. The highest BCUT2D eigenvalue weighted by Gasteiger charge is 2.44. The van der Waals surface area contributed by atoms with Crippen molar-refractivity contribution in [2.45, 2.75) is 119 Å². The Hall–Kier alpha value is -3.42. The molecule has 3 rings (SSSR count). The van der Waals surface area contributed by atoms with Gasteiger partial charge in [-0.2, -0.15) is 0 Å². The van der Waals surface area contributed by atoms with Gasteiger partial charge in [0, 0.05) is 38.8 Å². The van der Waals surface area contributed by atoms with Crippen LogP contribution >= 0.6 is 0 Å². The summed E-state index contributed by atoms with van der Waals surface area (Å²) < 4.78 is 21.2. The molecule has 3 saturated heterocycles. The molecule has 0 aromatic carbocycles. The zero-order valence-corrected chi connectivity index (χ0v) is 28.4. The Bertz CT molecular complexity index is 1220. The van der Waals surface area contributed by atoms with Crippen molar-refractivity contribution in [2.75, 3.05) is 32.9 Å². The zero-order valence-electron chi connectivity index (χ0n) is 28.4. The number of imide groups is 1. The summed E-state index contributed by atoms with van der Waals surface area (Å²) in [7, 11) is 0. The Morgan fingerprint density at radius 1 is 0.769 bits per heavy atom. The average molecular weight is 753 g/mol. The SMILES string of the molecule is C[C@@H]1O[C@@H](OCCNC(=O)C[C@@H](NC(=O)CCCCC(=O)ON2C(=O)CCC2=O)C(=O)NCCO[C@H]2O[C@H](CO)[C@@H](O)[C@@H](O)[C@H]2O)[C@H](O)[C@@H](O)[C@@H]1O. The standard InChI is InChI=1S/C30H48N4O18/c1-14-22(41)24(43)26(45)29(50-14)48-10-8-31-18(37)12-15(28(47)32-9-11-49-30-27(46)25(44)23(42)16(13-35)51-30)33-17(36)4-2-3-5-21(40)52-34-19(38)6-7-20(34)39/h14-16,22-27,29-30,35,41-46H,2-13H2,1H3,(H,31,37)(H,32,47)(H,33,36)/t14-,15+,16+,22+,23+,24-,25+,26+,27+,29+,30-/m0/s1. The molecule has 5 amide bonds. The largest absolute Gasteiger partial charge is 0.394 e. The van der Waals surface area contributed by atoms with E-state index < -0.39 is 116 Å². The third-order valence-electron chi connectivity index (χ3n) is 8.32. The maximum Gasteiger partial charge on any atom is 0.333 e. The average Bonchev–Trinajstić information content (AvgIpc) is 3.42. The number of amides is 5. The van der Waals surface area contributed by atoms with E-state index in [-0.39, 0.29) is 64.8 Å². The molecule has 11 atom stereocenters. The number of nitrogens with one attached hydrogen (secondary N) is 3. The summed E-state index contributed by atoms with van der Waals surface area (Å²) in [5.41, 5.74) is 0. The fourth-order valence-electron chi connectivity index (χ4n) is 5.29. The number of hydroxylamine groups is 2. The van der Waals surface area contributed by atoms with E-state index in [0.29, 0.717) is 5.06 Å². The molecule has 22 nitrogen and oxygen atoms in total. The zero-order chi connectivity index (χ0) is 38.5. The first-order chi connectivity index (χ1) is 24.6. The Labute approximate surface area is 297 Å². The van der Waals surface area contributed by atoms with E-state index in [1.165, 1.54) is 6.92 Å². The summed E-state index contributed by atoms with van der Waals surface area (Å²) in [5, 5.41) is 76.8. The molecule has 3 aliphatic heterocycles. The van der Waals surface area contributed by atoms with Crippen LogP contribution in [-0.4, -0.2) is 177 Å². The van der Waals surface area contributed by atoms with Crippen molar-refractivity contribution in [3.8, 4) is 0 Å². The van der Waals surface area contributed by atoms with Gasteiger partial charge in [0.05, 0.1) is 32.3 Å². The Balaban J connectivity index is 1.47. The molecule has 10 N–H and O–H groups in total. The van der Waals surface area contributed by atoms with Crippen LogP contribution in [0.4, 0.5) is 0 Å². The van der Waals surface area contributed by atoms with Crippen molar-refractivity contribution >= 4 is 35.5 Å². The Morgan fingerprint density at radius 3 is 1.94 bits per heavy atom. The predicted octanol–water partition coefficient (Wildman–Crippen LogP) is -6.08. The maximum atomic E-state index is 13.0. The lowest BCUT2D eigenvalue weighted by Crippen LogP contribution is -2.59. The second-order valence-corrected chi connectivity index (χ2v) is 12.3. The molecule has 3 aliphatic rings. The fourth-order valence-corrected chi connectivity index (χ4v) is 5.29. The number of hydrogen-bond donors (Lipinski definition) is 10. The molecule has 0 radical (unpaired) electrons. The molecule has 3 heterocycles. The van der Waals surface area contributed by atoms with Gasteiger partial charge < -0.3 is 75.5 Å². The third kappa shape index (κ3) is 12.3. The summed E-state index contributed by atoms with van der Waals surface area (Å²) in [6.07, 6.45) is -15.0. The Morgan fingerprint density at radius 2 is 1.33 bits per heavy atom. The number of nitrogens with zero attached hydrogens (tertiary/aromatic N) is 1. The predicted molar refractivity (Wildman–Crippen MR) is 166 cm³/mol. The monoisotopic (exact) mass is 752 g/mol. The molecule has 0 spiro atoms. The molecule has 0 unspecified atom stereocenters. The van der Waals surface area contributed by atoms with Crippen LogP contribution in [-0.2, 0) is 52.6 Å². The van der Waals surface area contributed by atoms with Crippen LogP contribution in [0.25, 0.3) is 0 Å². The van der Waals surface area contributed by atoms with Gasteiger partial charge in [-0.05, 0) is 19.8 Å². The number of rotatable bonds is 19. The van der Waals surface area contributed by atoms with E-state index in [0.717, 1.165) is 0 Å². The molecule has 0 aliphatic carbocycles. The van der Waals surface area contributed by atoms with Gasteiger partial charge in [0.1, 0.15) is 48.8 Å². The van der Waals surface area contributed by atoms with E-state index in [9.17, 15) is 64.5 Å². The molecule has 0 aromatic heterocycles. The molecule has 0 aromatic rings. The number of unbranched alkanes of at least 4 members (excludes halogenated alkanes) is 1. The lowest BCUT2D eigenvalue weighted by molar-refractivity contribution is -0.300. The topological polar surface area (TPSA) is 330 Å². The van der Waals surface area contributed by atoms with Gasteiger partial charge in [-0.1, -0.05) is 0 Å². The molecule has 22 heteroatoms. The second kappa shape index (κ2) is 20.7. The van der Waals surface area contributed by atoms with Gasteiger partial charge in [-0.3, -0.25) is 24.0 Å². The van der Waals surface area contributed by atoms with Crippen LogP contribution in [0.3, 0.4) is 0 Å². The van der Waals surface area contributed by atoms with Crippen LogP contribution in [0, 0.1) is 0 Å². The molecule has 0 saturated carbocycles. The van der Waals surface area contributed by atoms with Crippen LogP contribution in [0.15, 0.2) is 0 Å². The van der Waals surface area contributed by atoms with Gasteiger partial charge in [0.15, 0.2) is 12.6 Å². The van der Waals surface area contributed by atoms with Crippen LogP contribution in [0.5, 0.6) is 0 Å². The second-order valence-electron chi connectivity index (χ2n) is 12.3. The number of hydrogen-bond acceptors (Lipinski definition) is 18. The van der Waals surface area contributed by atoms with Gasteiger partial charge in [0.2, 0.25) is 17.7 Å². The molecular weight excluding hydrogens is 704 g/mol.